The van der Waals surface area contributed by atoms with Crippen LogP contribution in [0.4, 0.5) is 13.2 Å². The van der Waals surface area contributed by atoms with Crippen LogP contribution in [0.1, 0.15) is 29.6 Å². The van der Waals surface area contributed by atoms with Gasteiger partial charge >= 0.3 is 12.1 Å². The SMILES string of the molecule is O=C(O)C(F)(F)F.O=C(c1ccncc1)N1C[C@H]2[C@@H](CCOCC3CC3)CO[C@H]2C1. The standard InChI is InChI=1S/C18H24N2O3.C2HF3O2/c21-18(14-3-6-19-7-4-14)20-9-16-15(12-23-17(16)10-20)5-8-22-11-13-1-2-13;3-2(4,5)1(6)7/h3-4,6-7,13,15-17H,1-2,5,8-12H2;(H,6,7)/t15-,16-,17-;/m0./s1. The highest BCUT2D eigenvalue weighted by molar-refractivity contribution is 5.94. The molecule has 0 spiro atoms. The third kappa shape index (κ3) is 6.15. The molecule has 0 bridgehead atoms. The molecule has 3 fully saturated rings. The molecule has 10 heteroatoms. The fourth-order valence-corrected chi connectivity index (χ4v) is 3.71. The third-order valence-corrected chi connectivity index (χ3v) is 5.58. The summed E-state index contributed by atoms with van der Waals surface area (Å²) in [6.07, 6.45) is 2.17. The van der Waals surface area contributed by atoms with Crippen LogP contribution in [-0.4, -0.2) is 72.1 Å². The Hall–Kier alpha value is -2.20. The van der Waals surface area contributed by atoms with Gasteiger partial charge in [-0.05, 0) is 43.2 Å². The number of aromatic nitrogens is 1. The zero-order chi connectivity index (χ0) is 21.7. The number of carbonyl (C=O) groups excluding carboxylic acids is 1. The van der Waals surface area contributed by atoms with E-state index in [1.165, 1.54) is 12.8 Å². The molecular weight excluding hydrogens is 405 g/mol. The number of nitrogens with zero attached hydrogens (tertiary/aromatic N) is 2. The smallest absolute Gasteiger partial charge is 0.475 e. The fourth-order valence-electron chi connectivity index (χ4n) is 3.71. The molecule has 0 unspecified atom stereocenters. The summed E-state index contributed by atoms with van der Waals surface area (Å²) in [5, 5.41) is 7.12. The molecule has 30 heavy (non-hydrogen) atoms. The lowest BCUT2D eigenvalue weighted by Gasteiger charge is -2.20. The van der Waals surface area contributed by atoms with E-state index in [0.29, 0.717) is 23.9 Å². The van der Waals surface area contributed by atoms with Gasteiger partial charge in [0.25, 0.3) is 5.91 Å². The topological polar surface area (TPSA) is 89.0 Å². The van der Waals surface area contributed by atoms with E-state index in [9.17, 15) is 18.0 Å². The summed E-state index contributed by atoms with van der Waals surface area (Å²) < 4.78 is 43.4. The number of carbonyl (C=O) groups is 2. The molecule has 1 saturated carbocycles. The highest BCUT2D eigenvalue weighted by Gasteiger charge is 2.45. The molecule has 166 valence electrons. The molecule has 3 aliphatic rings. The molecule has 3 atom stereocenters. The van der Waals surface area contributed by atoms with E-state index in [0.717, 1.165) is 38.7 Å². The Morgan fingerprint density at radius 1 is 1.23 bits per heavy atom. The number of amides is 1. The second kappa shape index (κ2) is 9.74. The molecule has 3 heterocycles. The summed E-state index contributed by atoms with van der Waals surface area (Å²) in [5.41, 5.74) is 0.712. The summed E-state index contributed by atoms with van der Waals surface area (Å²) in [5.74, 6) is -0.857. The first-order valence-corrected chi connectivity index (χ1v) is 9.94. The van der Waals surface area contributed by atoms with Crippen molar-refractivity contribution < 1.29 is 37.3 Å². The van der Waals surface area contributed by atoms with Crippen molar-refractivity contribution in [1.82, 2.24) is 9.88 Å². The second-order valence-electron chi connectivity index (χ2n) is 7.85. The molecule has 2 aliphatic heterocycles. The zero-order valence-electron chi connectivity index (χ0n) is 16.4. The summed E-state index contributed by atoms with van der Waals surface area (Å²) in [6.45, 7) is 4.09. The Morgan fingerprint density at radius 3 is 2.50 bits per heavy atom. The Morgan fingerprint density at radius 2 is 1.90 bits per heavy atom. The number of hydrogen-bond donors (Lipinski definition) is 1. The number of halogens is 3. The fraction of sp³-hybridized carbons (Fsp3) is 0.650. The molecule has 2 saturated heterocycles. The van der Waals surface area contributed by atoms with Crippen molar-refractivity contribution in [3.8, 4) is 0 Å². The Balaban J connectivity index is 0.000000318. The van der Waals surface area contributed by atoms with Crippen molar-refractivity contribution in [1.29, 1.82) is 0 Å². The van der Waals surface area contributed by atoms with E-state index >= 15 is 0 Å². The maximum Gasteiger partial charge on any atom is 0.490 e. The van der Waals surface area contributed by atoms with Crippen LogP contribution in [0.2, 0.25) is 0 Å². The predicted molar refractivity (Wildman–Crippen MR) is 98.7 cm³/mol. The van der Waals surface area contributed by atoms with E-state index in [1.807, 2.05) is 4.90 Å². The van der Waals surface area contributed by atoms with E-state index in [1.54, 1.807) is 24.5 Å². The maximum absolute atomic E-state index is 12.5. The average molecular weight is 430 g/mol. The van der Waals surface area contributed by atoms with Gasteiger partial charge in [0, 0.05) is 50.2 Å². The van der Waals surface area contributed by atoms with E-state index < -0.39 is 12.1 Å². The van der Waals surface area contributed by atoms with E-state index in [4.69, 9.17) is 19.4 Å². The summed E-state index contributed by atoms with van der Waals surface area (Å²) in [4.78, 5) is 27.3. The van der Waals surface area contributed by atoms with Crippen LogP contribution in [0.3, 0.4) is 0 Å². The lowest BCUT2D eigenvalue weighted by atomic mass is 9.91. The van der Waals surface area contributed by atoms with Crippen LogP contribution >= 0.6 is 0 Å². The van der Waals surface area contributed by atoms with Crippen molar-refractivity contribution in [2.24, 2.45) is 17.8 Å². The number of rotatable bonds is 6. The number of hydrogen-bond acceptors (Lipinski definition) is 5. The van der Waals surface area contributed by atoms with Gasteiger partial charge in [0.1, 0.15) is 0 Å². The Labute approximate surface area is 172 Å². The number of pyridine rings is 1. The number of carboxylic acids is 1. The maximum atomic E-state index is 12.5. The molecular formula is C20H25F3N2O5. The minimum Gasteiger partial charge on any atom is -0.475 e. The van der Waals surface area contributed by atoms with Gasteiger partial charge in [-0.2, -0.15) is 13.2 Å². The van der Waals surface area contributed by atoms with Crippen LogP contribution in [0, 0.1) is 17.8 Å². The monoisotopic (exact) mass is 430 g/mol. The minimum atomic E-state index is -5.08. The van der Waals surface area contributed by atoms with Crippen LogP contribution in [0.15, 0.2) is 24.5 Å². The van der Waals surface area contributed by atoms with Gasteiger partial charge in [0.05, 0.1) is 12.7 Å². The van der Waals surface area contributed by atoms with Gasteiger partial charge in [-0.3, -0.25) is 9.78 Å². The molecule has 1 amide bonds. The summed E-state index contributed by atoms with van der Waals surface area (Å²) >= 11 is 0. The quantitative estimate of drug-likeness (QED) is 0.698. The van der Waals surface area contributed by atoms with Gasteiger partial charge in [-0.15, -0.1) is 0 Å². The molecule has 1 N–H and O–H groups in total. The lowest BCUT2D eigenvalue weighted by molar-refractivity contribution is -0.192. The van der Waals surface area contributed by atoms with Crippen molar-refractivity contribution in [3.63, 3.8) is 0 Å². The molecule has 1 aromatic rings. The number of likely N-dealkylation sites (tertiary alicyclic amines) is 1. The van der Waals surface area contributed by atoms with Crippen molar-refractivity contribution in [2.45, 2.75) is 31.5 Å². The van der Waals surface area contributed by atoms with Gasteiger partial charge in [-0.1, -0.05) is 0 Å². The van der Waals surface area contributed by atoms with Crippen molar-refractivity contribution in [3.05, 3.63) is 30.1 Å². The highest BCUT2D eigenvalue weighted by Crippen LogP contribution is 2.36. The number of aliphatic carboxylic acids is 1. The van der Waals surface area contributed by atoms with Crippen LogP contribution < -0.4 is 0 Å². The van der Waals surface area contributed by atoms with Gasteiger partial charge < -0.3 is 19.5 Å². The minimum absolute atomic E-state index is 0.0918. The lowest BCUT2D eigenvalue weighted by Crippen LogP contribution is -2.31. The molecule has 0 aromatic carbocycles. The normalized spacial score (nSPS) is 25.4. The van der Waals surface area contributed by atoms with Crippen molar-refractivity contribution >= 4 is 11.9 Å². The van der Waals surface area contributed by atoms with Gasteiger partial charge in [0.2, 0.25) is 0 Å². The predicted octanol–water partition coefficient (Wildman–Crippen LogP) is 2.62. The number of carboxylic acid groups (broad SMARTS) is 1. The molecule has 1 aliphatic carbocycles. The van der Waals surface area contributed by atoms with Crippen LogP contribution in [0.5, 0.6) is 0 Å². The largest absolute Gasteiger partial charge is 0.490 e. The summed E-state index contributed by atoms with van der Waals surface area (Å²) in [6, 6.07) is 3.56. The average Bonchev–Trinajstić information content (AvgIpc) is 3.32. The molecule has 1 aromatic heterocycles. The zero-order valence-corrected chi connectivity index (χ0v) is 16.4. The van der Waals surface area contributed by atoms with E-state index in [2.05, 4.69) is 4.98 Å². The highest BCUT2D eigenvalue weighted by atomic mass is 19.4. The molecule has 4 rings (SSSR count). The van der Waals surface area contributed by atoms with Crippen LogP contribution in [-0.2, 0) is 14.3 Å². The number of alkyl halides is 3. The first-order valence-electron chi connectivity index (χ1n) is 9.94. The third-order valence-electron chi connectivity index (χ3n) is 5.58. The first kappa shape index (κ1) is 22.5. The molecule has 0 radical (unpaired) electrons. The Bertz CT molecular complexity index is 727. The second-order valence-corrected chi connectivity index (χ2v) is 7.85. The summed E-state index contributed by atoms with van der Waals surface area (Å²) in [7, 11) is 0. The van der Waals surface area contributed by atoms with Crippen molar-refractivity contribution in [2.75, 3.05) is 32.9 Å². The van der Waals surface area contributed by atoms with Gasteiger partial charge in [0.15, 0.2) is 0 Å². The van der Waals surface area contributed by atoms with E-state index in [-0.39, 0.29) is 12.0 Å². The van der Waals surface area contributed by atoms with Gasteiger partial charge in [-0.25, -0.2) is 4.79 Å². The van der Waals surface area contributed by atoms with Crippen LogP contribution in [0.25, 0.3) is 0 Å². The number of fused-ring (bicyclic) bond motifs is 1. The number of ether oxygens (including phenoxy) is 2. The Kier molecular flexibility index (Phi) is 7.30. The molecule has 7 nitrogen and oxygen atoms in total. The first-order chi connectivity index (χ1) is 14.3.